The number of amides is 1. The van der Waals surface area contributed by atoms with E-state index in [0.717, 1.165) is 5.56 Å². The molecule has 3 aromatic rings. The number of nitro groups is 1. The quantitative estimate of drug-likeness (QED) is 0.492. The minimum absolute atomic E-state index is 0.0105. The largest absolute Gasteiger partial charge is 0.448 e. The standard InChI is InChI=1S/C24H21N3O4/c28-24(26-12-11-25-23-13-17(27(29)30)10-9-16(23)14-26)31-15-22-20-7-3-1-5-18(20)19-6-2-4-8-21(19)22/h1-10,13,22,25H,11-12,14-15H2. The molecule has 156 valence electrons. The number of non-ortho nitro benzene ring substituents is 1. The summed E-state index contributed by atoms with van der Waals surface area (Å²) in [6.07, 6.45) is -0.380. The number of ether oxygens (including phenoxy) is 1. The van der Waals surface area contributed by atoms with Crippen LogP contribution in [0.15, 0.2) is 66.7 Å². The number of anilines is 1. The average Bonchev–Trinajstić information content (AvgIpc) is 2.95. The molecule has 0 saturated carbocycles. The van der Waals surface area contributed by atoms with Crippen molar-refractivity contribution in [2.45, 2.75) is 12.5 Å². The first-order valence-corrected chi connectivity index (χ1v) is 10.2. The summed E-state index contributed by atoms with van der Waals surface area (Å²) in [5.74, 6) is 0.0105. The highest BCUT2D eigenvalue weighted by Crippen LogP contribution is 2.44. The molecule has 0 aromatic heterocycles. The van der Waals surface area contributed by atoms with Crippen LogP contribution in [0.5, 0.6) is 0 Å². The zero-order valence-electron chi connectivity index (χ0n) is 16.8. The number of hydrogen-bond donors (Lipinski definition) is 1. The Morgan fingerprint density at radius 2 is 1.74 bits per heavy atom. The van der Waals surface area contributed by atoms with Crippen molar-refractivity contribution in [1.29, 1.82) is 0 Å². The predicted octanol–water partition coefficient (Wildman–Crippen LogP) is 4.77. The van der Waals surface area contributed by atoms with E-state index in [4.69, 9.17) is 4.74 Å². The number of carbonyl (C=O) groups is 1. The molecule has 2 aliphatic rings. The first kappa shape index (κ1) is 19.1. The highest BCUT2D eigenvalue weighted by atomic mass is 16.6. The van der Waals surface area contributed by atoms with Gasteiger partial charge in [-0.05, 0) is 33.9 Å². The molecule has 1 aliphatic heterocycles. The number of fused-ring (bicyclic) bond motifs is 4. The van der Waals surface area contributed by atoms with Crippen LogP contribution in [0.3, 0.4) is 0 Å². The van der Waals surface area contributed by atoms with Crippen molar-refractivity contribution < 1.29 is 14.5 Å². The van der Waals surface area contributed by atoms with Gasteiger partial charge in [0.2, 0.25) is 0 Å². The van der Waals surface area contributed by atoms with Crippen molar-refractivity contribution in [3.8, 4) is 11.1 Å². The van der Waals surface area contributed by atoms with Gasteiger partial charge in [0.05, 0.1) is 11.5 Å². The Balaban J connectivity index is 1.32. The molecule has 1 heterocycles. The summed E-state index contributed by atoms with van der Waals surface area (Å²) in [5.41, 5.74) is 6.27. The lowest BCUT2D eigenvalue weighted by molar-refractivity contribution is -0.384. The van der Waals surface area contributed by atoms with E-state index >= 15 is 0 Å². The summed E-state index contributed by atoms with van der Waals surface area (Å²) in [6, 6.07) is 21.1. The number of nitrogens with one attached hydrogen (secondary N) is 1. The molecule has 1 N–H and O–H groups in total. The number of nitro benzene ring substituents is 1. The highest BCUT2D eigenvalue weighted by Gasteiger charge is 2.30. The Morgan fingerprint density at radius 3 is 2.42 bits per heavy atom. The van der Waals surface area contributed by atoms with Gasteiger partial charge in [-0.2, -0.15) is 0 Å². The Hall–Kier alpha value is -3.87. The molecule has 1 aliphatic carbocycles. The molecule has 0 spiro atoms. The lowest BCUT2D eigenvalue weighted by Gasteiger charge is -2.22. The lowest BCUT2D eigenvalue weighted by atomic mass is 9.98. The molecule has 0 unspecified atom stereocenters. The molecule has 5 rings (SSSR count). The van der Waals surface area contributed by atoms with Crippen LogP contribution in [0.2, 0.25) is 0 Å². The second-order valence-electron chi connectivity index (χ2n) is 7.75. The number of hydrogen-bond acceptors (Lipinski definition) is 5. The van der Waals surface area contributed by atoms with Crippen LogP contribution in [-0.4, -0.2) is 35.6 Å². The van der Waals surface area contributed by atoms with Gasteiger partial charge in [0, 0.05) is 36.8 Å². The van der Waals surface area contributed by atoms with Gasteiger partial charge in [0.15, 0.2) is 0 Å². The monoisotopic (exact) mass is 415 g/mol. The van der Waals surface area contributed by atoms with Crippen LogP contribution >= 0.6 is 0 Å². The first-order valence-electron chi connectivity index (χ1n) is 10.2. The van der Waals surface area contributed by atoms with Gasteiger partial charge >= 0.3 is 6.09 Å². The molecular weight excluding hydrogens is 394 g/mol. The number of benzene rings is 3. The second-order valence-corrected chi connectivity index (χ2v) is 7.75. The van der Waals surface area contributed by atoms with Gasteiger partial charge in [-0.15, -0.1) is 0 Å². The smallest absolute Gasteiger partial charge is 0.410 e. The minimum atomic E-state index is -0.420. The fourth-order valence-corrected chi connectivity index (χ4v) is 4.43. The maximum absolute atomic E-state index is 12.9. The third-order valence-electron chi connectivity index (χ3n) is 5.96. The Labute approximate surface area is 179 Å². The van der Waals surface area contributed by atoms with Crippen LogP contribution in [-0.2, 0) is 11.3 Å². The van der Waals surface area contributed by atoms with E-state index in [1.165, 1.54) is 34.4 Å². The third-order valence-corrected chi connectivity index (χ3v) is 5.96. The summed E-state index contributed by atoms with van der Waals surface area (Å²) >= 11 is 0. The zero-order chi connectivity index (χ0) is 21.4. The number of rotatable bonds is 3. The molecule has 0 radical (unpaired) electrons. The lowest BCUT2D eigenvalue weighted by Crippen LogP contribution is -2.34. The molecule has 7 heteroatoms. The van der Waals surface area contributed by atoms with Gasteiger partial charge in [-0.1, -0.05) is 48.5 Å². The fourth-order valence-electron chi connectivity index (χ4n) is 4.43. The summed E-state index contributed by atoms with van der Waals surface area (Å²) in [5, 5.41) is 14.2. The van der Waals surface area contributed by atoms with Crippen molar-refractivity contribution in [3.63, 3.8) is 0 Å². The predicted molar refractivity (Wildman–Crippen MR) is 117 cm³/mol. The normalized spacial score (nSPS) is 14.6. The molecule has 31 heavy (non-hydrogen) atoms. The van der Waals surface area contributed by atoms with Crippen molar-refractivity contribution in [3.05, 3.63) is 93.5 Å². The summed E-state index contributed by atoms with van der Waals surface area (Å²) in [7, 11) is 0. The molecular formula is C24H21N3O4. The van der Waals surface area contributed by atoms with Gasteiger partial charge < -0.3 is 15.0 Å². The molecule has 0 fully saturated rings. The van der Waals surface area contributed by atoms with Gasteiger partial charge in [0.1, 0.15) is 6.61 Å². The van der Waals surface area contributed by atoms with Crippen LogP contribution < -0.4 is 5.32 Å². The van der Waals surface area contributed by atoms with Crippen molar-refractivity contribution in [2.24, 2.45) is 0 Å². The van der Waals surface area contributed by atoms with E-state index in [-0.39, 0.29) is 24.3 Å². The first-order chi connectivity index (χ1) is 15.1. The van der Waals surface area contributed by atoms with Crippen LogP contribution in [0.1, 0.15) is 22.6 Å². The third kappa shape index (κ3) is 3.48. The van der Waals surface area contributed by atoms with E-state index in [1.807, 2.05) is 24.3 Å². The van der Waals surface area contributed by atoms with Crippen molar-refractivity contribution in [2.75, 3.05) is 25.0 Å². The average molecular weight is 415 g/mol. The number of nitrogens with zero attached hydrogens (tertiary/aromatic N) is 2. The zero-order valence-corrected chi connectivity index (χ0v) is 16.8. The molecule has 7 nitrogen and oxygen atoms in total. The summed E-state index contributed by atoms with van der Waals surface area (Å²) in [6.45, 7) is 1.57. The van der Waals surface area contributed by atoms with E-state index < -0.39 is 4.92 Å². The highest BCUT2D eigenvalue weighted by molar-refractivity contribution is 5.79. The Kier molecular flexibility index (Phi) is 4.78. The van der Waals surface area contributed by atoms with Gasteiger partial charge in [-0.25, -0.2) is 4.79 Å². The van der Waals surface area contributed by atoms with Crippen molar-refractivity contribution >= 4 is 17.5 Å². The Bertz CT molecular complexity index is 1130. The SMILES string of the molecule is O=C(OCC1c2ccccc2-c2ccccc21)N1CCNc2cc([N+](=O)[O-])ccc2C1. The summed E-state index contributed by atoms with van der Waals surface area (Å²) < 4.78 is 5.76. The maximum atomic E-state index is 12.9. The molecule has 0 bridgehead atoms. The Morgan fingerprint density at radius 1 is 1.06 bits per heavy atom. The van der Waals surface area contributed by atoms with Gasteiger partial charge in [0.25, 0.3) is 5.69 Å². The van der Waals surface area contributed by atoms with E-state index in [1.54, 1.807) is 11.0 Å². The van der Waals surface area contributed by atoms with E-state index in [9.17, 15) is 14.9 Å². The molecule has 1 amide bonds. The topological polar surface area (TPSA) is 84.7 Å². The van der Waals surface area contributed by atoms with Gasteiger partial charge in [-0.3, -0.25) is 10.1 Å². The van der Waals surface area contributed by atoms with E-state index in [0.29, 0.717) is 25.3 Å². The fraction of sp³-hybridized carbons (Fsp3) is 0.208. The number of carbonyl (C=O) groups excluding carboxylic acids is 1. The molecule has 0 saturated heterocycles. The van der Waals surface area contributed by atoms with Crippen LogP contribution in [0.25, 0.3) is 11.1 Å². The second kappa shape index (κ2) is 7.75. The minimum Gasteiger partial charge on any atom is -0.448 e. The van der Waals surface area contributed by atoms with Crippen LogP contribution in [0.4, 0.5) is 16.2 Å². The van der Waals surface area contributed by atoms with Crippen molar-refractivity contribution in [1.82, 2.24) is 4.90 Å². The molecule has 0 atom stereocenters. The maximum Gasteiger partial charge on any atom is 0.410 e. The molecule has 3 aromatic carbocycles. The van der Waals surface area contributed by atoms with Crippen LogP contribution in [0, 0.1) is 10.1 Å². The van der Waals surface area contributed by atoms with E-state index in [2.05, 4.69) is 29.6 Å². The summed E-state index contributed by atoms with van der Waals surface area (Å²) in [4.78, 5) is 25.1.